The Kier molecular flexibility index (Phi) is 4.43. The van der Waals surface area contributed by atoms with E-state index in [4.69, 9.17) is 9.84 Å². The highest BCUT2D eigenvalue weighted by Gasteiger charge is 2.14. The van der Waals surface area contributed by atoms with Crippen LogP contribution in [0, 0.1) is 5.82 Å². The van der Waals surface area contributed by atoms with Crippen molar-refractivity contribution in [1.29, 1.82) is 0 Å². The van der Waals surface area contributed by atoms with Gasteiger partial charge in [-0.2, -0.15) is 0 Å². The zero-order valence-corrected chi connectivity index (χ0v) is 10.9. The van der Waals surface area contributed by atoms with E-state index in [9.17, 15) is 14.0 Å². The summed E-state index contributed by atoms with van der Waals surface area (Å²) in [6.45, 7) is 5.21. The van der Waals surface area contributed by atoms with Crippen LogP contribution in [-0.4, -0.2) is 22.6 Å². The minimum absolute atomic E-state index is 0.383. The maximum Gasteiger partial charge on any atom is 0.338 e. The Morgan fingerprint density at radius 1 is 1.32 bits per heavy atom. The summed E-state index contributed by atoms with van der Waals surface area (Å²) in [7, 11) is 0. The van der Waals surface area contributed by atoms with E-state index in [0.717, 1.165) is 12.1 Å². The van der Waals surface area contributed by atoms with Gasteiger partial charge in [0.2, 0.25) is 0 Å². The zero-order chi connectivity index (χ0) is 14.6. The molecular formula is C14H15FO4. The molecule has 0 atom stereocenters. The lowest BCUT2D eigenvalue weighted by Gasteiger charge is -2.17. The van der Waals surface area contributed by atoms with E-state index < -0.39 is 28.9 Å². The fourth-order valence-electron chi connectivity index (χ4n) is 1.31. The molecule has 0 amide bonds. The molecule has 0 aliphatic rings. The molecule has 5 heteroatoms. The Balaban J connectivity index is 2.81. The summed E-state index contributed by atoms with van der Waals surface area (Å²) in [4.78, 5) is 22.0. The predicted molar refractivity (Wildman–Crippen MR) is 68.2 cm³/mol. The van der Waals surface area contributed by atoms with Crippen LogP contribution in [0.15, 0.2) is 24.3 Å². The van der Waals surface area contributed by atoms with E-state index in [2.05, 4.69) is 0 Å². The van der Waals surface area contributed by atoms with E-state index >= 15 is 0 Å². The number of carbonyl (C=O) groups excluding carboxylic acids is 1. The molecule has 102 valence electrons. The Labute approximate surface area is 110 Å². The smallest absolute Gasteiger partial charge is 0.338 e. The van der Waals surface area contributed by atoms with Crippen molar-refractivity contribution in [3.05, 3.63) is 41.2 Å². The van der Waals surface area contributed by atoms with Crippen molar-refractivity contribution in [3.63, 3.8) is 0 Å². The van der Waals surface area contributed by atoms with E-state index in [1.165, 1.54) is 18.2 Å². The molecule has 1 aromatic rings. The predicted octanol–water partition coefficient (Wildman–Crippen LogP) is 2.88. The number of hydrogen-bond donors (Lipinski definition) is 1. The number of benzene rings is 1. The van der Waals surface area contributed by atoms with Gasteiger partial charge < -0.3 is 9.84 Å². The number of carboxylic acid groups (broad SMARTS) is 1. The molecule has 0 saturated heterocycles. The molecule has 0 bridgehead atoms. The molecular weight excluding hydrogens is 251 g/mol. The number of hydrogen-bond acceptors (Lipinski definition) is 3. The standard InChI is InChI=1S/C14H15FO4/c1-14(2,3)19-12(16)7-5-9-4-6-10(13(17)18)11(15)8-9/h4-8H,1-3H3,(H,17,18)/b7-5+. The van der Waals surface area contributed by atoms with Gasteiger partial charge in [0.15, 0.2) is 0 Å². The van der Waals surface area contributed by atoms with Crippen LogP contribution in [0.1, 0.15) is 36.7 Å². The minimum Gasteiger partial charge on any atom is -0.478 e. The maximum atomic E-state index is 13.4. The molecule has 0 spiro atoms. The molecule has 0 radical (unpaired) electrons. The van der Waals surface area contributed by atoms with Gasteiger partial charge in [-0.25, -0.2) is 14.0 Å². The third-order valence-corrected chi connectivity index (χ3v) is 2.04. The van der Waals surface area contributed by atoms with Gasteiger partial charge >= 0.3 is 11.9 Å². The summed E-state index contributed by atoms with van der Waals surface area (Å²) in [6, 6.07) is 3.60. The Morgan fingerprint density at radius 3 is 2.42 bits per heavy atom. The summed E-state index contributed by atoms with van der Waals surface area (Å²) in [5, 5.41) is 8.67. The molecule has 0 aliphatic carbocycles. The monoisotopic (exact) mass is 266 g/mol. The Hall–Kier alpha value is -2.17. The highest BCUT2D eigenvalue weighted by Crippen LogP contribution is 2.13. The third-order valence-electron chi connectivity index (χ3n) is 2.04. The van der Waals surface area contributed by atoms with Crippen molar-refractivity contribution in [2.24, 2.45) is 0 Å². The van der Waals surface area contributed by atoms with Crippen LogP contribution in [0.2, 0.25) is 0 Å². The normalized spacial score (nSPS) is 11.6. The largest absolute Gasteiger partial charge is 0.478 e. The minimum atomic E-state index is -1.33. The zero-order valence-electron chi connectivity index (χ0n) is 10.9. The average Bonchev–Trinajstić information content (AvgIpc) is 2.23. The summed E-state index contributed by atoms with van der Waals surface area (Å²) in [5.74, 6) is -2.73. The number of carboxylic acids is 1. The van der Waals surface area contributed by atoms with Gasteiger partial charge in [-0.3, -0.25) is 0 Å². The van der Waals surface area contributed by atoms with Crippen molar-refractivity contribution in [2.45, 2.75) is 26.4 Å². The first-order valence-corrected chi connectivity index (χ1v) is 5.63. The molecule has 19 heavy (non-hydrogen) atoms. The van der Waals surface area contributed by atoms with Gasteiger partial charge in [-0.1, -0.05) is 6.07 Å². The first kappa shape index (κ1) is 14.9. The van der Waals surface area contributed by atoms with Crippen molar-refractivity contribution in [1.82, 2.24) is 0 Å². The molecule has 1 aromatic carbocycles. The fourth-order valence-corrected chi connectivity index (χ4v) is 1.31. The Morgan fingerprint density at radius 2 is 1.95 bits per heavy atom. The summed E-state index contributed by atoms with van der Waals surface area (Å²) in [5.41, 5.74) is -0.623. The van der Waals surface area contributed by atoms with Gasteiger partial charge in [-0.05, 0) is 44.5 Å². The van der Waals surface area contributed by atoms with Crippen molar-refractivity contribution >= 4 is 18.0 Å². The van der Waals surface area contributed by atoms with Gasteiger partial charge in [0.25, 0.3) is 0 Å². The van der Waals surface area contributed by atoms with E-state index in [1.807, 2.05) is 0 Å². The molecule has 0 aromatic heterocycles. The first-order valence-electron chi connectivity index (χ1n) is 5.63. The quantitative estimate of drug-likeness (QED) is 0.675. The summed E-state index contributed by atoms with van der Waals surface area (Å²) < 4.78 is 18.4. The van der Waals surface area contributed by atoms with Crippen LogP contribution in [0.25, 0.3) is 6.08 Å². The maximum absolute atomic E-state index is 13.4. The number of esters is 1. The number of ether oxygens (including phenoxy) is 1. The SMILES string of the molecule is CC(C)(C)OC(=O)/C=C/c1ccc(C(=O)O)c(F)c1. The number of rotatable bonds is 3. The van der Waals surface area contributed by atoms with Gasteiger partial charge in [-0.15, -0.1) is 0 Å². The van der Waals surface area contributed by atoms with Gasteiger partial charge in [0, 0.05) is 6.08 Å². The molecule has 1 N–H and O–H groups in total. The van der Waals surface area contributed by atoms with E-state index in [1.54, 1.807) is 20.8 Å². The number of halogens is 1. The molecule has 0 unspecified atom stereocenters. The van der Waals surface area contributed by atoms with Gasteiger partial charge in [0.1, 0.15) is 11.4 Å². The van der Waals surface area contributed by atoms with Crippen molar-refractivity contribution in [2.75, 3.05) is 0 Å². The highest BCUT2D eigenvalue weighted by atomic mass is 19.1. The lowest BCUT2D eigenvalue weighted by atomic mass is 10.1. The molecule has 0 heterocycles. The second-order valence-electron chi connectivity index (χ2n) is 4.91. The van der Waals surface area contributed by atoms with Crippen molar-refractivity contribution < 1.29 is 23.8 Å². The highest BCUT2D eigenvalue weighted by molar-refractivity contribution is 5.89. The molecule has 0 aliphatic heterocycles. The van der Waals surface area contributed by atoms with E-state index in [-0.39, 0.29) is 0 Å². The second kappa shape index (κ2) is 5.65. The molecule has 0 saturated carbocycles. The molecule has 4 nitrogen and oxygen atoms in total. The van der Waals surface area contributed by atoms with Gasteiger partial charge in [0.05, 0.1) is 5.56 Å². The fraction of sp³-hybridized carbons (Fsp3) is 0.286. The van der Waals surface area contributed by atoms with Crippen LogP contribution >= 0.6 is 0 Å². The average molecular weight is 266 g/mol. The van der Waals surface area contributed by atoms with Crippen molar-refractivity contribution in [3.8, 4) is 0 Å². The number of aromatic carboxylic acids is 1. The van der Waals surface area contributed by atoms with Crippen LogP contribution in [0.4, 0.5) is 4.39 Å². The molecule has 1 rings (SSSR count). The van der Waals surface area contributed by atoms with Crippen LogP contribution in [0.3, 0.4) is 0 Å². The van der Waals surface area contributed by atoms with Crippen LogP contribution in [-0.2, 0) is 9.53 Å². The lowest BCUT2D eigenvalue weighted by Crippen LogP contribution is -2.22. The molecule has 0 fully saturated rings. The van der Waals surface area contributed by atoms with E-state index in [0.29, 0.717) is 5.56 Å². The topological polar surface area (TPSA) is 63.6 Å². The summed E-state index contributed by atoms with van der Waals surface area (Å²) in [6.07, 6.45) is 2.53. The second-order valence-corrected chi connectivity index (χ2v) is 4.91. The Bertz CT molecular complexity index is 527. The van der Waals surface area contributed by atoms with Crippen LogP contribution in [0.5, 0.6) is 0 Å². The summed E-state index contributed by atoms with van der Waals surface area (Å²) >= 11 is 0. The lowest BCUT2D eigenvalue weighted by molar-refractivity contribution is -0.148. The first-order chi connectivity index (χ1) is 8.69. The van der Waals surface area contributed by atoms with Crippen LogP contribution < -0.4 is 0 Å². The number of carbonyl (C=O) groups is 2. The third kappa shape index (κ3) is 4.91.